The Hall–Kier alpha value is -2.14. The fraction of sp³-hybridized carbons (Fsp3) is 0.500. The maximum atomic E-state index is 12.6. The minimum absolute atomic E-state index is 0.00962. The Balaban J connectivity index is 1.52. The normalized spacial score (nSPS) is 18.2. The first kappa shape index (κ1) is 17.7. The zero-order valence-corrected chi connectivity index (χ0v) is 15.2. The topological polar surface area (TPSA) is 50.2 Å². The molecular formula is C20H28N4O. The summed E-state index contributed by atoms with van der Waals surface area (Å²) in [5, 5.41) is 7.57. The van der Waals surface area contributed by atoms with Crippen molar-refractivity contribution in [2.24, 2.45) is 7.05 Å². The summed E-state index contributed by atoms with van der Waals surface area (Å²) in [6.45, 7) is 5.14. The molecule has 0 aliphatic carbocycles. The molecular weight excluding hydrogens is 312 g/mol. The molecule has 1 amide bonds. The minimum Gasteiger partial charge on any atom is -0.347 e. The Bertz CT molecular complexity index is 695. The van der Waals surface area contributed by atoms with Crippen molar-refractivity contribution < 1.29 is 4.79 Å². The van der Waals surface area contributed by atoms with Crippen LogP contribution in [0.5, 0.6) is 0 Å². The SMILES string of the molecule is CCc1cc(C(=O)N[C@@H]2CCCN(CCc3ccccc3)C2)n(C)n1. The molecule has 5 heteroatoms. The number of aryl methyl sites for hydroxylation is 2. The van der Waals surface area contributed by atoms with E-state index in [-0.39, 0.29) is 11.9 Å². The molecule has 1 atom stereocenters. The van der Waals surface area contributed by atoms with Crippen LogP contribution < -0.4 is 5.32 Å². The lowest BCUT2D eigenvalue weighted by Gasteiger charge is -2.33. The van der Waals surface area contributed by atoms with E-state index in [1.807, 2.05) is 13.1 Å². The average Bonchev–Trinajstić information content (AvgIpc) is 3.02. The van der Waals surface area contributed by atoms with Crippen molar-refractivity contribution in [1.82, 2.24) is 20.0 Å². The van der Waals surface area contributed by atoms with E-state index in [1.165, 1.54) is 5.56 Å². The number of carbonyl (C=O) groups is 1. The Kier molecular flexibility index (Phi) is 5.87. The van der Waals surface area contributed by atoms with Gasteiger partial charge in [0.05, 0.1) is 5.69 Å². The van der Waals surface area contributed by atoms with Crippen molar-refractivity contribution in [1.29, 1.82) is 0 Å². The van der Waals surface area contributed by atoms with Gasteiger partial charge in [-0.2, -0.15) is 5.10 Å². The van der Waals surface area contributed by atoms with Gasteiger partial charge in [0.15, 0.2) is 0 Å². The van der Waals surface area contributed by atoms with Gasteiger partial charge in [-0.3, -0.25) is 9.48 Å². The molecule has 5 nitrogen and oxygen atoms in total. The first-order chi connectivity index (χ1) is 12.2. The molecule has 25 heavy (non-hydrogen) atoms. The van der Waals surface area contributed by atoms with Gasteiger partial charge in [0, 0.05) is 26.2 Å². The summed E-state index contributed by atoms with van der Waals surface area (Å²) in [5.74, 6) is -0.00962. The zero-order valence-electron chi connectivity index (χ0n) is 15.2. The van der Waals surface area contributed by atoms with Crippen LogP contribution in [0.2, 0.25) is 0 Å². The summed E-state index contributed by atoms with van der Waals surface area (Å²) in [7, 11) is 1.83. The van der Waals surface area contributed by atoms with Crippen molar-refractivity contribution in [3.8, 4) is 0 Å². The van der Waals surface area contributed by atoms with Gasteiger partial charge in [-0.25, -0.2) is 0 Å². The Morgan fingerprint density at radius 2 is 2.12 bits per heavy atom. The largest absolute Gasteiger partial charge is 0.347 e. The first-order valence-electron chi connectivity index (χ1n) is 9.25. The number of benzene rings is 1. The highest BCUT2D eigenvalue weighted by Gasteiger charge is 2.23. The summed E-state index contributed by atoms with van der Waals surface area (Å²) in [4.78, 5) is 15.0. The third kappa shape index (κ3) is 4.69. The molecule has 1 aliphatic rings. The van der Waals surface area contributed by atoms with Crippen LogP contribution in [-0.4, -0.2) is 46.3 Å². The Morgan fingerprint density at radius 1 is 1.32 bits per heavy atom. The molecule has 1 N–H and O–H groups in total. The van der Waals surface area contributed by atoms with E-state index >= 15 is 0 Å². The van der Waals surface area contributed by atoms with Crippen molar-refractivity contribution in [2.45, 2.75) is 38.6 Å². The van der Waals surface area contributed by atoms with E-state index in [4.69, 9.17) is 0 Å². The van der Waals surface area contributed by atoms with Crippen LogP contribution in [0.4, 0.5) is 0 Å². The quantitative estimate of drug-likeness (QED) is 0.879. The summed E-state index contributed by atoms with van der Waals surface area (Å²) in [6.07, 6.45) is 4.08. The van der Waals surface area contributed by atoms with E-state index in [2.05, 4.69) is 52.6 Å². The van der Waals surface area contributed by atoms with Gasteiger partial charge in [0.2, 0.25) is 0 Å². The fourth-order valence-corrected chi connectivity index (χ4v) is 3.48. The smallest absolute Gasteiger partial charge is 0.269 e. The molecule has 2 heterocycles. The van der Waals surface area contributed by atoms with Gasteiger partial charge in [-0.15, -0.1) is 0 Å². The predicted octanol–water partition coefficient (Wildman–Crippen LogP) is 2.42. The highest BCUT2D eigenvalue weighted by atomic mass is 16.2. The van der Waals surface area contributed by atoms with Crippen LogP contribution in [0.1, 0.15) is 41.5 Å². The number of nitrogens with zero attached hydrogens (tertiary/aromatic N) is 3. The standard InChI is InChI=1S/C20H28N4O/c1-3-17-14-19(23(2)22-17)20(25)21-18-10-7-12-24(15-18)13-11-16-8-5-4-6-9-16/h4-6,8-9,14,18H,3,7,10-13,15H2,1-2H3,(H,21,25)/t18-/m1/s1. The summed E-state index contributed by atoms with van der Waals surface area (Å²) < 4.78 is 1.68. The van der Waals surface area contributed by atoms with Crippen LogP contribution in [0.25, 0.3) is 0 Å². The maximum absolute atomic E-state index is 12.6. The van der Waals surface area contributed by atoms with E-state index in [1.54, 1.807) is 4.68 Å². The molecule has 1 fully saturated rings. The molecule has 0 radical (unpaired) electrons. The molecule has 1 aromatic carbocycles. The van der Waals surface area contributed by atoms with Gasteiger partial charge in [-0.05, 0) is 43.9 Å². The molecule has 134 valence electrons. The van der Waals surface area contributed by atoms with Crippen molar-refractivity contribution in [2.75, 3.05) is 19.6 Å². The van der Waals surface area contributed by atoms with Gasteiger partial charge in [0.25, 0.3) is 5.91 Å². The number of hydrogen-bond donors (Lipinski definition) is 1. The lowest BCUT2D eigenvalue weighted by Crippen LogP contribution is -2.48. The molecule has 2 aromatic rings. The van der Waals surface area contributed by atoms with Crippen LogP contribution in [0.3, 0.4) is 0 Å². The molecule has 3 rings (SSSR count). The Labute approximate surface area is 150 Å². The van der Waals surface area contributed by atoms with Gasteiger partial charge in [0.1, 0.15) is 5.69 Å². The average molecular weight is 340 g/mol. The lowest BCUT2D eigenvalue weighted by atomic mass is 10.0. The van der Waals surface area contributed by atoms with E-state index < -0.39 is 0 Å². The summed E-state index contributed by atoms with van der Waals surface area (Å²) >= 11 is 0. The highest BCUT2D eigenvalue weighted by molar-refractivity contribution is 5.92. The predicted molar refractivity (Wildman–Crippen MR) is 99.7 cm³/mol. The second-order valence-corrected chi connectivity index (χ2v) is 6.85. The van der Waals surface area contributed by atoms with Gasteiger partial charge < -0.3 is 10.2 Å². The number of likely N-dealkylation sites (tertiary alicyclic amines) is 1. The number of rotatable bonds is 6. The third-order valence-corrected chi connectivity index (χ3v) is 4.93. The number of nitrogens with one attached hydrogen (secondary N) is 1. The monoisotopic (exact) mass is 340 g/mol. The summed E-state index contributed by atoms with van der Waals surface area (Å²) in [6, 6.07) is 12.7. The number of amides is 1. The van der Waals surface area contributed by atoms with Gasteiger partial charge >= 0.3 is 0 Å². The van der Waals surface area contributed by atoms with Crippen molar-refractivity contribution in [3.05, 3.63) is 53.3 Å². The molecule has 0 bridgehead atoms. The second-order valence-electron chi connectivity index (χ2n) is 6.85. The Morgan fingerprint density at radius 3 is 2.84 bits per heavy atom. The molecule has 0 saturated carbocycles. The van der Waals surface area contributed by atoms with Crippen LogP contribution >= 0.6 is 0 Å². The van der Waals surface area contributed by atoms with Crippen molar-refractivity contribution >= 4 is 5.91 Å². The number of hydrogen-bond acceptors (Lipinski definition) is 3. The minimum atomic E-state index is -0.00962. The second kappa shape index (κ2) is 8.30. The van der Waals surface area contributed by atoms with Crippen LogP contribution in [0, 0.1) is 0 Å². The number of piperidine rings is 1. The number of carbonyl (C=O) groups excluding carboxylic acids is 1. The van der Waals surface area contributed by atoms with Crippen molar-refractivity contribution in [3.63, 3.8) is 0 Å². The highest BCUT2D eigenvalue weighted by Crippen LogP contribution is 2.13. The third-order valence-electron chi connectivity index (χ3n) is 4.93. The first-order valence-corrected chi connectivity index (χ1v) is 9.25. The van der Waals surface area contributed by atoms with E-state index in [9.17, 15) is 4.79 Å². The van der Waals surface area contributed by atoms with Gasteiger partial charge in [-0.1, -0.05) is 37.3 Å². The summed E-state index contributed by atoms with van der Waals surface area (Å²) in [5.41, 5.74) is 2.98. The molecule has 1 aromatic heterocycles. The zero-order chi connectivity index (χ0) is 17.6. The fourth-order valence-electron chi connectivity index (χ4n) is 3.48. The molecule has 0 spiro atoms. The molecule has 0 unspecified atom stereocenters. The molecule has 1 aliphatic heterocycles. The van der Waals surface area contributed by atoms with E-state index in [0.29, 0.717) is 5.69 Å². The van der Waals surface area contributed by atoms with Crippen LogP contribution in [-0.2, 0) is 19.9 Å². The van der Waals surface area contributed by atoms with E-state index in [0.717, 1.165) is 51.0 Å². The maximum Gasteiger partial charge on any atom is 0.269 e. The lowest BCUT2D eigenvalue weighted by molar-refractivity contribution is 0.0894. The number of aromatic nitrogens is 2. The molecule has 1 saturated heterocycles. The van der Waals surface area contributed by atoms with Crippen LogP contribution in [0.15, 0.2) is 36.4 Å².